The SMILES string of the molecule is [CH]=CC(C)C(C=C(C)CC)C(C)=CCC. The lowest BCUT2D eigenvalue weighted by molar-refractivity contribution is 0.576. The van der Waals surface area contributed by atoms with Crippen molar-refractivity contribution >= 4 is 0 Å². The Labute approximate surface area is 95.8 Å². The number of allylic oxidation sites excluding steroid dienone is 5. The van der Waals surface area contributed by atoms with Crippen LogP contribution in [0.25, 0.3) is 0 Å². The topological polar surface area (TPSA) is 0 Å². The highest BCUT2D eigenvalue weighted by Gasteiger charge is 2.13. The molecule has 2 unspecified atom stereocenters. The van der Waals surface area contributed by atoms with Gasteiger partial charge in [-0.1, -0.05) is 56.7 Å². The van der Waals surface area contributed by atoms with E-state index < -0.39 is 0 Å². The summed E-state index contributed by atoms with van der Waals surface area (Å²) in [5, 5.41) is 0. The first-order chi connectivity index (χ1) is 7.06. The molecule has 0 aromatic heterocycles. The molecule has 85 valence electrons. The van der Waals surface area contributed by atoms with Crippen molar-refractivity contribution in [1.82, 2.24) is 0 Å². The van der Waals surface area contributed by atoms with Crippen molar-refractivity contribution in [3.8, 4) is 0 Å². The fourth-order valence-electron chi connectivity index (χ4n) is 1.70. The normalized spacial score (nSPS) is 17.4. The molecule has 0 aliphatic rings. The molecule has 0 bridgehead atoms. The second-order valence-corrected chi connectivity index (χ2v) is 4.30. The van der Waals surface area contributed by atoms with Crippen LogP contribution in [0.4, 0.5) is 0 Å². The van der Waals surface area contributed by atoms with E-state index in [0.29, 0.717) is 11.8 Å². The summed E-state index contributed by atoms with van der Waals surface area (Å²) < 4.78 is 0. The molecule has 0 N–H and O–H groups in total. The third-order valence-electron chi connectivity index (χ3n) is 2.94. The van der Waals surface area contributed by atoms with E-state index in [1.165, 1.54) is 11.1 Å². The largest absolute Gasteiger partial charge is 0.0853 e. The minimum atomic E-state index is 0.411. The highest BCUT2D eigenvalue weighted by Crippen LogP contribution is 2.25. The zero-order valence-corrected chi connectivity index (χ0v) is 10.9. The minimum absolute atomic E-state index is 0.411. The van der Waals surface area contributed by atoms with Gasteiger partial charge in [-0.2, -0.15) is 0 Å². The molecule has 0 fully saturated rings. The lowest BCUT2D eigenvalue weighted by atomic mass is 9.85. The van der Waals surface area contributed by atoms with E-state index in [0.717, 1.165) is 12.8 Å². The van der Waals surface area contributed by atoms with Gasteiger partial charge < -0.3 is 0 Å². The van der Waals surface area contributed by atoms with Gasteiger partial charge in [0.15, 0.2) is 0 Å². The molecule has 0 aromatic rings. The lowest BCUT2D eigenvalue weighted by Crippen LogP contribution is -2.09. The first-order valence-electron chi connectivity index (χ1n) is 5.95. The third-order valence-corrected chi connectivity index (χ3v) is 2.94. The third kappa shape index (κ3) is 5.01. The number of hydrogen-bond acceptors (Lipinski definition) is 0. The first kappa shape index (κ1) is 14.2. The summed E-state index contributed by atoms with van der Waals surface area (Å²) in [4.78, 5) is 0. The maximum absolute atomic E-state index is 5.64. The molecule has 15 heavy (non-hydrogen) atoms. The van der Waals surface area contributed by atoms with Crippen LogP contribution in [0.15, 0.2) is 29.4 Å². The van der Waals surface area contributed by atoms with Crippen LogP contribution in [-0.4, -0.2) is 0 Å². The van der Waals surface area contributed by atoms with E-state index in [1.54, 1.807) is 6.08 Å². The minimum Gasteiger partial charge on any atom is -0.0853 e. The van der Waals surface area contributed by atoms with Gasteiger partial charge in [-0.3, -0.25) is 0 Å². The maximum Gasteiger partial charge on any atom is 0.00368 e. The van der Waals surface area contributed by atoms with Gasteiger partial charge in [-0.05, 0) is 32.6 Å². The van der Waals surface area contributed by atoms with Crippen LogP contribution in [0.5, 0.6) is 0 Å². The van der Waals surface area contributed by atoms with Gasteiger partial charge in [-0.15, -0.1) is 0 Å². The van der Waals surface area contributed by atoms with E-state index in [4.69, 9.17) is 6.58 Å². The van der Waals surface area contributed by atoms with Crippen molar-refractivity contribution in [2.24, 2.45) is 11.8 Å². The monoisotopic (exact) mass is 205 g/mol. The smallest absolute Gasteiger partial charge is 0.00368 e. The van der Waals surface area contributed by atoms with Crippen molar-refractivity contribution in [1.29, 1.82) is 0 Å². The quantitative estimate of drug-likeness (QED) is 0.539. The zero-order chi connectivity index (χ0) is 11.8. The van der Waals surface area contributed by atoms with E-state index in [9.17, 15) is 0 Å². The molecule has 0 aliphatic heterocycles. The molecule has 0 saturated heterocycles. The fraction of sp³-hybridized carbons (Fsp3) is 0.600. The summed E-state index contributed by atoms with van der Waals surface area (Å²) in [5.74, 6) is 0.879. The predicted molar refractivity (Wildman–Crippen MR) is 69.6 cm³/mol. The van der Waals surface area contributed by atoms with E-state index in [1.807, 2.05) is 0 Å². The molecule has 1 radical (unpaired) electrons. The average Bonchev–Trinajstić information content (AvgIpc) is 2.24. The highest BCUT2D eigenvalue weighted by molar-refractivity contribution is 5.17. The Hall–Kier alpha value is -0.780. The van der Waals surface area contributed by atoms with Crippen LogP contribution in [0.3, 0.4) is 0 Å². The summed E-state index contributed by atoms with van der Waals surface area (Å²) >= 11 is 0. The maximum atomic E-state index is 5.64. The summed E-state index contributed by atoms with van der Waals surface area (Å²) in [5.41, 5.74) is 2.87. The van der Waals surface area contributed by atoms with Crippen molar-refractivity contribution in [3.05, 3.63) is 36.0 Å². The highest BCUT2D eigenvalue weighted by atomic mass is 14.2. The Morgan fingerprint density at radius 2 is 1.87 bits per heavy atom. The van der Waals surface area contributed by atoms with Gasteiger partial charge in [0.2, 0.25) is 0 Å². The van der Waals surface area contributed by atoms with Crippen LogP contribution >= 0.6 is 0 Å². The lowest BCUT2D eigenvalue weighted by Gasteiger charge is -2.20. The Kier molecular flexibility index (Phi) is 7.11. The second-order valence-electron chi connectivity index (χ2n) is 4.30. The molecule has 0 nitrogen and oxygen atoms in total. The Morgan fingerprint density at radius 3 is 2.27 bits per heavy atom. The zero-order valence-electron chi connectivity index (χ0n) is 10.9. The summed E-state index contributed by atoms with van der Waals surface area (Å²) in [6.45, 7) is 16.6. The van der Waals surface area contributed by atoms with Crippen LogP contribution in [-0.2, 0) is 0 Å². The molecular weight excluding hydrogens is 180 g/mol. The van der Waals surface area contributed by atoms with Gasteiger partial charge in [-0.25, -0.2) is 0 Å². The van der Waals surface area contributed by atoms with Crippen LogP contribution in [0.1, 0.15) is 47.5 Å². The Balaban J connectivity index is 4.89. The molecule has 0 saturated carbocycles. The number of hydrogen-bond donors (Lipinski definition) is 0. The van der Waals surface area contributed by atoms with Gasteiger partial charge >= 0.3 is 0 Å². The molecule has 0 spiro atoms. The molecule has 0 heterocycles. The molecule has 0 aliphatic carbocycles. The molecule has 0 rings (SSSR count). The van der Waals surface area contributed by atoms with E-state index in [2.05, 4.69) is 46.8 Å². The molecule has 2 atom stereocenters. The summed E-state index contributed by atoms with van der Waals surface area (Å²) in [6.07, 6.45) is 8.67. The van der Waals surface area contributed by atoms with Crippen LogP contribution in [0, 0.1) is 18.4 Å². The number of rotatable bonds is 6. The van der Waals surface area contributed by atoms with E-state index in [-0.39, 0.29) is 0 Å². The van der Waals surface area contributed by atoms with Gasteiger partial charge in [0.1, 0.15) is 0 Å². The van der Waals surface area contributed by atoms with Crippen molar-refractivity contribution in [3.63, 3.8) is 0 Å². The summed E-state index contributed by atoms with van der Waals surface area (Å²) in [6, 6.07) is 0. The van der Waals surface area contributed by atoms with Crippen molar-refractivity contribution in [2.45, 2.75) is 47.5 Å². The fourth-order valence-corrected chi connectivity index (χ4v) is 1.70. The van der Waals surface area contributed by atoms with Gasteiger partial charge in [0.25, 0.3) is 0 Å². The van der Waals surface area contributed by atoms with Crippen LogP contribution in [0.2, 0.25) is 0 Å². The van der Waals surface area contributed by atoms with E-state index >= 15 is 0 Å². The van der Waals surface area contributed by atoms with Crippen molar-refractivity contribution in [2.75, 3.05) is 0 Å². The predicted octanol–water partition coefficient (Wildman–Crippen LogP) is 4.94. The second kappa shape index (κ2) is 7.50. The van der Waals surface area contributed by atoms with Crippen molar-refractivity contribution < 1.29 is 0 Å². The molecular formula is C15H25. The Bertz CT molecular complexity index is 243. The molecule has 0 aromatic carbocycles. The first-order valence-corrected chi connectivity index (χ1v) is 5.95. The average molecular weight is 205 g/mol. The summed E-state index contributed by atoms with van der Waals surface area (Å²) in [7, 11) is 0. The standard InChI is InChI=1S/C15H25/c1-7-10-14(6)15(13(5)9-3)11-12(4)8-2/h3,9-11,13,15H,7-8H2,1-2,4-6H3. The molecule has 0 amide bonds. The van der Waals surface area contributed by atoms with Gasteiger partial charge in [0, 0.05) is 5.92 Å². The molecule has 0 heteroatoms. The van der Waals surface area contributed by atoms with Gasteiger partial charge in [0.05, 0.1) is 0 Å². The van der Waals surface area contributed by atoms with Crippen LogP contribution < -0.4 is 0 Å². The Morgan fingerprint density at radius 1 is 1.27 bits per heavy atom.